The van der Waals surface area contributed by atoms with Crippen LogP contribution in [0.25, 0.3) is 0 Å². The Kier molecular flexibility index (Phi) is 5.28. The lowest BCUT2D eigenvalue weighted by Crippen LogP contribution is -2.32. The van der Waals surface area contributed by atoms with E-state index < -0.39 is 0 Å². The highest BCUT2D eigenvalue weighted by molar-refractivity contribution is 7.98. The molecule has 25 heavy (non-hydrogen) atoms. The molecule has 0 fully saturated rings. The van der Waals surface area contributed by atoms with E-state index in [1.807, 2.05) is 30.5 Å². The molecule has 0 aliphatic carbocycles. The Bertz CT molecular complexity index is 807. The number of fused-ring (bicyclic) bond motifs is 1. The Balaban J connectivity index is 1.79. The first-order valence-electron chi connectivity index (χ1n) is 8.06. The maximum absolute atomic E-state index is 12.7. The van der Waals surface area contributed by atoms with Gasteiger partial charge in [-0.3, -0.25) is 9.59 Å². The van der Waals surface area contributed by atoms with Crippen LogP contribution in [-0.4, -0.2) is 24.7 Å². The second kappa shape index (κ2) is 7.61. The van der Waals surface area contributed by atoms with Crippen LogP contribution in [0.3, 0.4) is 0 Å². The summed E-state index contributed by atoms with van der Waals surface area (Å²) in [5, 5.41) is 5.86. The van der Waals surface area contributed by atoms with Gasteiger partial charge in [0.1, 0.15) is 5.75 Å². The van der Waals surface area contributed by atoms with Crippen molar-refractivity contribution in [2.75, 3.05) is 18.2 Å². The number of para-hydroxylation sites is 1. The van der Waals surface area contributed by atoms with Crippen LogP contribution in [0.2, 0.25) is 0 Å². The van der Waals surface area contributed by atoms with Crippen LogP contribution in [0.4, 0.5) is 5.69 Å². The van der Waals surface area contributed by atoms with Gasteiger partial charge in [0.15, 0.2) is 0 Å². The van der Waals surface area contributed by atoms with Crippen molar-refractivity contribution in [3.8, 4) is 5.75 Å². The van der Waals surface area contributed by atoms with Crippen LogP contribution in [0.15, 0.2) is 47.4 Å². The van der Waals surface area contributed by atoms with Crippen molar-refractivity contribution in [1.82, 2.24) is 5.32 Å². The first kappa shape index (κ1) is 17.4. The molecule has 0 unspecified atom stereocenters. The molecule has 2 aromatic rings. The fourth-order valence-corrected chi connectivity index (χ4v) is 3.44. The van der Waals surface area contributed by atoms with E-state index in [2.05, 4.69) is 10.6 Å². The zero-order valence-corrected chi connectivity index (χ0v) is 15.0. The average Bonchev–Trinajstić information content (AvgIpc) is 2.62. The molecule has 2 amide bonds. The molecule has 0 bridgehead atoms. The number of carbonyl (C=O) groups excluding carboxylic acids is 2. The number of anilines is 1. The topological polar surface area (TPSA) is 67.4 Å². The minimum Gasteiger partial charge on any atom is -0.493 e. The van der Waals surface area contributed by atoms with E-state index in [4.69, 9.17) is 4.74 Å². The molecule has 0 radical (unpaired) electrons. The Morgan fingerprint density at radius 1 is 1.20 bits per heavy atom. The van der Waals surface area contributed by atoms with E-state index >= 15 is 0 Å². The molecule has 6 heteroatoms. The summed E-state index contributed by atoms with van der Waals surface area (Å²) in [6.45, 7) is 2.05. The first-order chi connectivity index (χ1) is 12.1. The Morgan fingerprint density at radius 3 is 2.76 bits per heavy atom. The highest BCUT2D eigenvalue weighted by Crippen LogP contribution is 2.32. The quantitative estimate of drug-likeness (QED) is 0.821. The maximum atomic E-state index is 12.7. The molecule has 2 N–H and O–H groups in total. The number of nitrogens with one attached hydrogen (secondary N) is 2. The third kappa shape index (κ3) is 3.96. The summed E-state index contributed by atoms with van der Waals surface area (Å²) in [6.07, 6.45) is 2.65. The molecule has 1 aliphatic heterocycles. The summed E-state index contributed by atoms with van der Waals surface area (Å²) in [6, 6.07) is 13.0. The third-order valence-electron chi connectivity index (χ3n) is 4.04. The van der Waals surface area contributed by atoms with E-state index in [1.54, 1.807) is 18.2 Å². The fourth-order valence-electron chi connectivity index (χ4n) is 2.86. The lowest BCUT2D eigenvalue weighted by molar-refractivity contribution is -0.114. The van der Waals surface area contributed by atoms with Crippen molar-refractivity contribution >= 4 is 29.3 Å². The van der Waals surface area contributed by atoms with Gasteiger partial charge in [0, 0.05) is 29.4 Å². The highest BCUT2D eigenvalue weighted by Gasteiger charge is 2.23. The van der Waals surface area contributed by atoms with E-state index in [0.717, 1.165) is 22.6 Å². The second-order valence-corrected chi connectivity index (χ2v) is 6.65. The number of amides is 2. The van der Waals surface area contributed by atoms with Gasteiger partial charge in [0.25, 0.3) is 5.91 Å². The first-order valence-corrected chi connectivity index (χ1v) is 9.29. The molecule has 2 aromatic carbocycles. The lowest BCUT2D eigenvalue weighted by atomic mass is 10.00. The van der Waals surface area contributed by atoms with Gasteiger partial charge in [-0.15, -0.1) is 11.8 Å². The van der Waals surface area contributed by atoms with E-state index in [1.165, 1.54) is 18.7 Å². The number of carbonyl (C=O) groups is 2. The zero-order chi connectivity index (χ0) is 17.8. The van der Waals surface area contributed by atoms with Gasteiger partial charge in [-0.25, -0.2) is 0 Å². The van der Waals surface area contributed by atoms with Gasteiger partial charge < -0.3 is 15.4 Å². The standard InChI is InChI=1S/C19H20N2O3S/c1-12(22)20-16-8-7-13(11-18(16)25-2)19(23)21-15-9-10-24-17-6-4-3-5-14(15)17/h3-8,11,15H,9-10H2,1-2H3,(H,20,22)(H,21,23)/t15-/m0/s1. The average molecular weight is 356 g/mol. The van der Waals surface area contributed by atoms with E-state index in [9.17, 15) is 9.59 Å². The molecular weight excluding hydrogens is 336 g/mol. The number of benzene rings is 2. The molecule has 0 saturated heterocycles. The molecule has 1 aliphatic rings. The molecule has 0 aromatic heterocycles. The van der Waals surface area contributed by atoms with Crippen molar-refractivity contribution < 1.29 is 14.3 Å². The molecule has 0 spiro atoms. The molecule has 130 valence electrons. The van der Waals surface area contributed by atoms with Gasteiger partial charge in [0.2, 0.25) is 5.91 Å². The molecule has 1 atom stereocenters. The molecule has 5 nitrogen and oxygen atoms in total. The van der Waals surface area contributed by atoms with Crippen LogP contribution < -0.4 is 15.4 Å². The van der Waals surface area contributed by atoms with Gasteiger partial charge in [0.05, 0.1) is 18.3 Å². The van der Waals surface area contributed by atoms with Crippen LogP contribution in [0, 0.1) is 0 Å². The van der Waals surface area contributed by atoms with Crippen LogP contribution in [-0.2, 0) is 4.79 Å². The maximum Gasteiger partial charge on any atom is 0.251 e. The lowest BCUT2D eigenvalue weighted by Gasteiger charge is -2.26. The van der Waals surface area contributed by atoms with Gasteiger partial charge >= 0.3 is 0 Å². The second-order valence-electron chi connectivity index (χ2n) is 5.80. The van der Waals surface area contributed by atoms with Crippen molar-refractivity contribution in [3.63, 3.8) is 0 Å². The summed E-state index contributed by atoms with van der Waals surface area (Å²) < 4.78 is 5.64. The van der Waals surface area contributed by atoms with Crippen molar-refractivity contribution in [2.45, 2.75) is 24.3 Å². The SMILES string of the molecule is CSc1cc(C(=O)N[C@H]2CCOc3ccccc32)ccc1NC(C)=O. The number of hydrogen-bond donors (Lipinski definition) is 2. The number of rotatable bonds is 4. The predicted molar refractivity (Wildman–Crippen MR) is 99.3 cm³/mol. The Morgan fingerprint density at radius 2 is 2.00 bits per heavy atom. The smallest absolute Gasteiger partial charge is 0.251 e. The van der Waals surface area contributed by atoms with E-state index in [0.29, 0.717) is 17.9 Å². The Labute approximate surface area is 151 Å². The van der Waals surface area contributed by atoms with Crippen molar-refractivity contribution in [2.24, 2.45) is 0 Å². The minimum atomic E-state index is -0.133. The molecular formula is C19H20N2O3S. The number of hydrogen-bond acceptors (Lipinski definition) is 4. The minimum absolute atomic E-state index is 0.0646. The van der Waals surface area contributed by atoms with Gasteiger partial charge in [-0.05, 0) is 30.5 Å². The normalized spacial score (nSPS) is 15.7. The van der Waals surface area contributed by atoms with Crippen LogP contribution in [0.1, 0.15) is 35.3 Å². The molecule has 1 heterocycles. The molecule has 3 rings (SSSR count). The summed E-state index contributed by atoms with van der Waals surface area (Å²) in [7, 11) is 0. The monoisotopic (exact) mass is 356 g/mol. The van der Waals surface area contributed by atoms with Gasteiger partial charge in [-0.2, -0.15) is 0 Å². The zero-order valence-electron chi connectivity index (χ0n) is 14.2. The summed E-state index contributed by atoms with van der Waals surface area (Å²) in [4.78, 5) is 24.8. The fraction of sp³-hybridized carbons (Fsp3) is 0.263. The number of ether oxygens (including phenoxy) is 1. The van der Waals surface area contributed by atoms with E-state index in [-0.39, 0.29) is 17.9 Å². The summed E-state index contributed by atoms with van der Waals surface area (Å²) in [5.41, 5.74) is 2.29. The number of thioether (sulfide) groups is 1. The summed E-state index contributed by atoms with van der Waals surface area (Å²) >= 11 is 1.49. The van der Waals surface area contributed by atoms with Crippen LogP contribution >= 0.6 is 11.8 Å². The van der Waals surface area contributed by atoms with Crippen molar-refractivity contribution in [3.05, 3.63) is 53.6 Å². The van der Waals surface area contributed by atoms with Gasteiger partial charge in [-0.1, -0.05) is 18.2 Å². The van der Waals surface area contributed by atoms with Crippen molar-refractivity contribution in [1.29, 1.82) is 0 Å². The molecule has 0 saturated carbocycles. The third-order valence-corrected chi connectivity index (χ3v) is 4.82. The highest BCUT2D eigenvalue weighted by atomic mass is 32.2. The Hall–Kier alpha value is -2.47. The largest absolute Gasteiger partial charge is 0.493 e. The predicted octanol–water partition coefficient (Wildman–Crippen LogP) is 3.62. The van der Waals surface area contributed by atoms with Crippen LogP contribution in [0.5, 0.6) is 5.75 Å². The summed E-state index contributed by atoms with van der Waals surface area (Å²) in [5.74, 6) is 0.558.